The molecule has 0 aliphatic heterocycles. The summed E-state index contributed by atoms with van der Waals surface area (Å²) in [6, 6.07) is 13.9. The molecular formula is C19H18N2O4. The van der Waals surface area contributed by atoms with E-state index in [9.17, 15) is 14.7 Å². The summed E-state index contributed by atoms with van der Waals surface area (Å²) in [6.45, 7) is 1.41. The summed E-state index contributed by atoms with van der Waals surface area (Å²) in [5.41, 5.74) is 2.25. The van der Waals surface area contributed by atoms with E-state index >= 15 is 0 Å². The van der Waals surface area contributed by atoms with E-state index in [2.05, 4.69) is 4.98 Å². The molecular weight excluding hydrogens is 320 g/mol. The van der Waals surface area contributed by atoms with Crippen LogP contribution in [0.25, 0.3) is 5.65 Å². The molecule has 128 valence electrons. The Morgan fingerprint density at radius 3 is 2.72 bits per heavy atom. The SMILES string of the molecule is Cc1ccc2nc(COC(=O)C(CO)c3ccccc3)cc(=O)n2c1. The number of aliphatic hydroxyl groups is 1. The van der Waals surface area contributed by atoms with Crippen LogP contribution in [0.15, 0.2) is 59.5 Å². The van der Waals surface area contributed by atoms with Gasteiger partial charge in [-0.15, -0.1) is 0 Å². The smallest absolute Gasteiger partial charge is 0.316 e. The maximum absolute atomic E-state index is 12.2. The first-order valence-electron chi connectivity index (χ1n) is 7.90. The molecule has 0 saturated heterocycles. The lowest BCUT2D eigenvalue weighted by molar-refractivity contribution is -0.147. The number of benzene rings is 1. The average Bonchev–Trinajstić information content (AvgIpc) is 2.62. The van der Waals surface area contributed by atoms with Crippen molar-refractivity contribution in [2.75, 3.05) is 6.61 Å². The third kappa shape index (κ3) is 3.75. The molecule has 0 aliphatic carbocycles. The van der Waals surface area contributed by atoms with Gasteiger partial charge in [0.05, 0.1) is 12.3 Å². The van der Waals surface area contributed by atoms with Gasteiger partial charge in [0.1, 0.15) is 18.2 Å². The summed E-state index contributed by atoms with van der Waals surface area (Å²) in [4.78, 5) is 28.7. The fraction of sp³-hybridized carbons (Fsp3) is 0.211. The Morgan fingerprint density at radius 2 is 2.00 bits per heavy atom. The van der Waals surface area contributed by atoms with Gasteiger partial charge in [0.25, 0.3) is 5.56 Å². The zero-order valence-electron chi connectivity index (χ0n) is 13.8. The molecule has 2 heterocycles. The number of pyridine rings is 1. The molecule has 6 heteroatoms. The normalized spacial score (nSPS) is 12.1. The fourth-order valence-corrected chi connectivity index (χ4v) is 2.58. The predicted molar refractivity (Wildman–Crippen MR) is 92.3 cm³/mol. The van der Waals surface area contributed by atoms with Gasteiger partial charge in [-0.3, -0.25) is 14.0 Å². The van der Waals surface area contributed by atoms with E-state index in [0.29, 0.717) is 16.9 Å². The molecule has 0 fully saturated rings. The van der Waals surface area contributed by atoms with Crippen LogP contribution in [-0.2, 0) is 16.1 Å². The van der Waals surface area contributed by atoms with Crippen LogP contribution in [-0.4, -0.2) is 27.1 Å². The van der Waals surface area contributed by atoms with Crippen molar-refractivity contribution in [2.24, 2.45) is 0 Å². The van der Waals surface area contributed by atoms with E-state index < -0.39 is 11.9 Å². The van der Waals surface area contributed by atoms with E-state index in [0.717, 1.165) is 5.56 Å². The molecule has 2 aromatic heterocycles. The molecule has 3 aromatic rings. The minimum absolute atomic E-state index is 0.123. The molecule has 1 N–H and O–H groups in total. The average molecular weight is 338 g/mol. The van der Waals surface area contributed by atoms with E-state index in [1.54, 1.807) is 36.5 Å². The van der Waals surface area contributed by atoms with Crippen LogP contribution in [0.2, 0.25) is 0 Å². The largest absolute Gasteiger partial charge is 0.459 e. The van der Waals surface area contributed by atoms with Crippen LogP contribution in [0.5, 0.6) is 0 Å². The van der Waals surface area contributed by atoms with Gasteiger partial charge in [-0.05, 0) is 24.1 Å². The monoisotopic (exact) mass is 338 g/mol. The summed E-state index contributed by atoms with van der Waals surface area (Å²) in [5, 5.41) is 9.49. The Bertz CT molecular complexity index is 951. The van der Waals surface area contributed by atoms with Crippen LogP contribution >= 0.6 is 0 Å². The Hall–Kier alpha value is -2.99. The lowest BCUT2D eigenvalue weighted by Gasteiger charge is -2.14. The van der Waals surface area contributed by atoms with Crippen molar-refractivity contribution in [1.82, 2.24) is 9.38 Å². The molecule has 0 bridgehead atoms. The number of aliphatic hydroxyl groups excluding tert-OH is 1. The number of aromatic nitrogens is 2. The Balaban J connectivity index is 1.77. The van der Waals surface area contributed by atoms with E-state index in [1.165, 1.54) is 10.5 Å². The quantitative estimate of drug-likeness (QED) is 0.718. The maximum Gasteiger partial charge on any atom is 0.316 e. The highest BCUT2D eigenvalue weighted by atomic mass is 16.5. The predicted octanol–water partition coefficient (Wildman–Crippen LogP) is 1.82. The number of esters is 1. The molecule has 1 unspecified atom stereocenters. The van der Waals surface area contributed by atoms with Crippen molar-refractivity contribution in [3.05, 3.63) is 81.9 Å². The molecule has 1 aromatic carbocycles. The molecule has 0 radical (unpaired) electrons. The van der Waals surface area contributed by atoms with Crippen molar-refractivity contribution < 1.29 is 14.6 Å². The van der Waals surface area contributed by atoms with Crippen LogP contribution in [0.3, 0.4) is 0 Å². The minimum atomic E-state index is -0.759. The number of nitrogens with zero attached hydrogens (tertiary/aromatic N) is 2. The highest BCUT2D eigenvalue weighted by Crippen LogP contribution is 2.17. The maximum atomic E-state index is 12.2. The van der Waals surface area contributed by atoms with Gasteiger partial charge >= 0.3 is 5.97 Å². The molecule has 0 saturated carbocycles. The summed E-state index contributed by atoms with van der Waals surface area (Å²) in [7, 11) is 0. The topological polar surface area (TPSA) is 80.9 Å². The number of hydrogen-bond acceptors (Lipinski definition) is 5. The second kappa shape index (κ2) is 7.27. The van der Waals surface area contributed by atoms with Crippen LogP contribution in [0.4, 0.5) is 0 Å². The number of ether oxygens (including phenoxy) is 1. The van der Waals surface area contributed by atoms with Gasteiger partial charge < -0.3 is 9.84 Å². The first-order chi connectivity index (χ1) is 12.1. The molecule has 25 heavy (non-hydrogen) atoms. The first kappa shape index (κ1) is 16.9. The van der Waals surface area contributed by atoms with Gasteiger partial charge in [0.15, 0.2) is 0 Å². The Morgan fingerprint density at radius 1 is 1.24 bits per heavy atom. The van der Waals surface area contributed by atoms with Gasteiger partial charge in [0, 0.05) is 12.3 Å². The van der Waals surface area contributed by atoms with Crippen molar-refractivity contribution in [2.45, 2.75) is 19.4 Å². The number of hydrogen-bond donors (Lipinski definition) is 1. The Labute approximate surface area is 144 Å². The summed E-state index contributed by atoms with van der Waals surface area (Å²) in [6.07, 6.45) is 1.71. The molecule has 0 spiro atoms. The molecule has 0 amide bonds. The number of carbonyl (C=O) groups excluding carboxylic acids is 1. The summed E-state index contributed by atoms with van der Waals surface area (Å²) < 4.78 is 6.70. The fourth-order valence-electron chi connectivity index (χ4n) is 2.58. The zero-order chi connectivity index (χ0) is 17.8. The van der Waals surface area contributed by atoms with Crippen molar-refractivity contribution in [1.29, 1.82) is 0 Å². The van der Waals surface area contributed by atoms with E-state index in [-0.39, 0.29) is 18.8 Å². The van der Waals surface area contributed by atoms with Gasteiger partial charge in [0.2, 0.25) is 0 Å². The van der Waals surface area contributed by atoms with Gasteiger partial charge in [-0.25, -0.2) is 4.98 Å². The second-order valence-electron chi connectivity index (χ2n) is 5.77. The molecule has 6 nitrogen and oxygen atoms in total. The molecule has 3 rings (SSSR count). The number of carbonyl (C=O) groups is 1. The number of fused-ring (bicyclic) bond motifs is 1. The van der Waals surface area contributed by atoms with E-state index in [4.69, 9.17) is 4.74 Å². The summed E-state index contributed by atoms with van der Waals surface area (Å²) in [5.74, 6) is -1.31. The number of aryl methyl sites for hydroxylation is 1. The highest BCUT2D eigenvalue weighted by molar-refractivity contribution is 5.78. The Kier molecular flexibility index (Phi) is 4.90. The second-order valence-corrected chi connectivity index (χ2v) is 5.77. The lowest BCUT2D eigenvalue weighted by atomic mass is 10.0. The van der Waals surface area contributed by atoms with Crippen LogP contribution in [0, 0.1) is 6.92 Å². The molecule has 0 aliphatic rings. The third-order valence-electron chi connectivity index (χ3n) is 3.89. The minimum Gasteiger partial charge on any atom is -0.459 e. The van der Waals surface area contributed by atoms with Gasteiger partial charge in [-0.1, -0.05) is 36.4 Å². The van der Waals surface area contributed by atoms with Crippen molar-refractivity contribution in [3.8, 4) is 0 Å². The van der Waals surface area contributed by atoms with Crippen molar-refractivity contribution in [3.63, 3.8) is 0 Å². The third-order valence-corrected chi connectivity index (χ3v) is 3.89. The molecule has 1 atom stereocenters. The zero-order valence-corrected chi connectivity index (χ0v) is 13.8. The summed E-state index contributed by atoms with van der Waals surface area (Å²) >= 11 is 0. The number of rotatable bonds is 5. The lowest BCUT2D eigenvalue weighted by Crippen LogP contribution is -2.21. The van der Waals surface area contributed by atoms with Crippen LogP contribution < -0.4 is 5.56 Å². The van der Waals surface area contributed by atoms with Crippen LogP contribution in [0.1, 0.15) is 22.7 Å². The van der Waals surface area contributed by atoms with Gasteiger partial charge in [-0.2, -0.15) is 0 Å². The van der Waals surface area contributed by atoms with Crippen molar-refractivity contribution >= 4 is 11.6 Å². The van der Waals surface area contributed by atoms with E-state index in [1.807, 2.05) is 19.1 Å². The first-order valence-corrected chi connectivity index (χ1v) is 7.90. The standard InChI is InChI=1S/C19H18N2O4/c1-13-7-8-17-20-15(9-18(23)21(17)10-13)12-25-19(24)16(11-22)14-5-3-2-4-6-14/h2-10,16,22H,11-12H2,1H3. The highest BCUT2D eigenvalue weighted by Gasteiger charge is 2.21.